The maximum Gasteiger partial charge on any atom is 0.305 e. The molecule has 3 rings (SSSR count). The van der Waals surface area contributed by atoms with Gasteiger partial charge in [-0.15, -0.1) is 0 Å². The number of aliphatic carboxylic acids is 1. The van der Waals surface area contributed by atoms with Crippen molar-refractivity contribution in [3.05, 3.63) is 48.0 Å². The SMILES string of the molecule is O=C(O)C[C@H](O)C[C@H](O)C=C[C@@]12CC[C@@H](C[C@@H]1COCc1ccccc1)O2. The standard InChI is InChI=1S/C21H28O6/c22-17(11-18(23)12-20(24)25)6-8-21-9-7-19(27-21)10-16(21)14-26-13-15-4-2-1-3-5-15/h1-6,8,16-19,22-23H,7,9-14H2,(H,24,25)/t16-,17-,18-,19+,21-/m1/s1. The molecule has 6 nitrogen and oxygen atoms in total. The highest BCUT2D eigenvalue weighted by molar-refractivity contribution is 5.67. The van der Waals surface area contributed by atoms with Gasteiger partial charge in [0.25, 0.3) is 0 Å². The molecule has 2 fully saturated rings. The van der Waals surface area contributed by atoms with Gasteiger partial charge in [-0.1, -0.05) is 42.5 Å². The predicted molar refractivity (Wildman–Crippen MR) is 99.1 cm³/mol. The first-order valence-corrected chi connectivity index (χ1v) is 9.53. The molecule has 1 aromatic carbocycles. The average molecular weight is 376 g/mol. The van der Waals surface area contributed by atoms with Crippen molar-refractivity contribution in [3.8, 4) is 0 Å². The molecular formula is C21H28O6. The molecule has 0 saturated carbocycles. The Morgan fingerprint density at radius 1 is 1.33 bits per heavy atom. The third-order valence-corrected chi connectivity index (χ3v) is 5.44. The van der Waals surface area contributed by atoms with E-state index in [0.29, 0.717) is 13.2 Å². The van der Waals surface area contributed by atoms with E-state index in [2.05, 4.69) is 0 Å². The Morgan fingerprint density at radius 2 is 2.11 bits per heavy atom. The summed E-state index contributed by atoms with van der Waals surface area (Å²) < 4.78 is 12.1. The van der Waals surface area contributed by atoms with Crippen LogP contribution in [-0.2, 0) is 20.9 Å². The number of aliphatic hydroxyl groups is 2. The van der Waals surface area contributed by atoms with Gasteiger partial charge in [0.2, 0.25) is 0 Å². The van der Waals surface area contributed by atoms with Gasteiger partial charge in [-0.05, 0) is 24.8 Å². The van der Waals surface area contributed by atoms with Gasteiger partial charge in [0.1, 0.15) is 0 Å². The molecule has 0 radical (unpaired) electrons. The van der Waals surface area contributed by atoms with E-state index < -0.39 is 23.8 Å². The summed E-state index contributed by atoms with van der Waals surface area (Å²) >= 11 is 0. The second-order valence-electron chi connectivity index (χ2n) is 7.58. The van der Waals surface area contributed by atoms with E-state index in [-0.39, 0.29) is 24.9 Å². The van der Waals surface area contributed by atoms with Gasteiger partial charge in [-0.2, -0.15) is 0 Å². The van der Waals surface area contributed by atoms with Gasteiger partial charge < -0.3 is 24.8 Å². The number of hydrogen-bond donors (Lipinski definition) is 3. The molecule has 0 spiro atoms. The van der Waals surface area contributed by atoms with Crippen molar-refractivity contribution >= 4 is 5.97 Å². The molecule has 2 aliphatic heterocycles. The van der Waals surface area contributed by atoms with Crippen LogP contribution in [0.2, 0.25) is 0 Å². The second-order valence-corrected chi connectivity index (χ2v) is 7.58. The molecule has 5 atom stereocenters. The second kappa shape index (κ2) is 8.97. The number of carboxylic acid groups (broad SMARTS) is 1. The van der Waals surface area contributed by atoms with E-state index in [9.17, 15) is 15.0 Å². The minimum atomic E-state index is -1.08. The first-order valence-electron chi connectivity index (χ1n) is 9.53. The van der Waals surface area contributed by atoms with Crippen molar-refractivity contribution in [2.24, 2.45) is 5.92 Å². The molecule has 2 bridgehead atoms. The molecule has 148 valence electrons. The Bertz CT molecular complexity index is 645. The number of aliphatic hydroxyl groups excluding tert-OH is 2. The average Bonchev–Trinajstić information content (AvgIpc) is 3.19. The van der Waals surface area contributed by atoms with Crippen molar-refractivity contribution in [2.45, 2.75) is 62.6 Å². The van der Waals surface area contributed by atoms with Crippen LogP contribution in [0.15, 0.2) is 42.5 Å². The van der Waals surface area contributed by atoms with Crippen LogP contribution < -0.4 is 0 Å². The number of rotatable bonds is 10. The van der Waals surface area contributed by atoms with Crippen LogP contribution in [0.3, 0.4) is 0 Å². The Kier molecular flexibility index (Phi) is 6.65. The summed E-state index contributed by atoms with van der Waals surface area (Å²) in [6.45, 7) is 1.15. The van der Waals surface area contributed by atoms with Crippen LogP contribution in [0.1, 0.15) is 37.7 Å². The Morgan fingerprint density at radius 3 is 2.81 bits per heavy atom. The minimum absolute atomic E-state index is 0.00250. The zero-order valence-electron chi connectivity index (χ0n) is 15.4. The van der Waals surface area contributed by atoms with Crippen LogP contribution >= 0.6 is 0 Å². The fraction of sp³-hybridized carbons (Fsp3) is 0.571. The number of carbonyl (C=O) groups is 1. The van der Waals surface area contributed by atoms with Crippen LogP contribution in [0.25, 0.3) is 0 Å². The van der Waals surface area contributed by atoms with Gasteiger partial charge in [-0.25, -0.2) is 0 Å². The molecule has 0 amide bonds. The van der Waals surface area contributed by atoms with E-state index >= 15 is 0 Å². The maximum atomic E-state index is 10.6. The summed E-state index contributed by atoms with van der Waals surface area (Å²) in [6.07, 6.45) is 4.24. The van der Waals surface area contributed by atoms with Gasteiger partial charge in [0, 0.05) is 12.3 Å². The Balaban J connectivity index is 1.53. The quantitative estimate of drug-likeness (QED) is 0.542. The highest BCUT2D eigenvalue weighted by atomic mass is 16.5. The zero-order chi connectivity index (χ0) is 19.3. The van der Waals surface area contributed by atoms with E-state index in [1.54, 1.807) is 6.08 Å². The molecule has 2 aliphatic rings. The summed E-state index contributed by atoms with van der Waals surface area (Å²) in [6, 6.07) is 10.0. The summed E-state index contributed by atoms with van der Waals surface area (Å²) in [7, 11) is 0. The van der Waals surface area contributed by atoms with Gasteiger partial charge >= 0.3 is 5.97 Å². The minimum Gasteiger partial charge on any atom is -0.481 e. The summed E-state index contributed by atoms with van der Waals surface area (Å²) in [4.78, 5) is 10.6. The molecule has 2 saturated heterocycles. The van der Waals surface area contributed by atoms with E-state index in [1.807, 2.05) is 36.4 Å². The smallest absolute Gasteiger partial charge is 0.305 e. The molecule has 0 aliphatic carbocycles. The third kappa shape index (κ3) is 5.39. The van der Waals surface area contributed by atoms with Gasteiger partial charge in [-0.3, -0.25) is 4.79 Å². The summed E-state index contributed by atoms with van der Waals surface area (Å²) in [5, 5.41) is 28.5. The molecule has 3 N–H and O–H groups in total. The number of fused-ring (bicyclic) bond motifs is 2. The van der Waals surface area contributed by atoms with Crippen molar-refractivity contribution in [1.29, 1.82) is 0 Å². The first kappa shape index (κ1) is 20.0. The molecule has 2 heterocycles. The molecular weight excluding hydrogens is 348 g/mol. The van der Waals surface area contributed by atoms with Crippen molar-refractivity contribution < 1.29 is 29.6 Å². The summed E-state index contributed by atoms with van der Waals surface area (Å²) in [5.74, 6) is -0.849. The lowest BCUT2D eigenvalue weighted by Crippen LogP contribution is -2.35. The molecule has 1 aromatic rings. The summed E-state index contributed by atoms with van der Waals surface area (Å²) in [5.41, 5.74) is 0.703. The molecule has 0 aromatic heterocycles. The molecule has 0 unspecified atom stereocenters. The maximum absolute atomic E-state index is 10.6. The van der Waals surface area contributed by atoms with Crippen molar-refractivity contribution in [1.82, 2.24) is 0 Å². The predicted octanol–water partition coefficient (Wildman–Crippen LogP) is 2.28. The molecule has 27 heavy (non-hydrogen) atoms. The van der Waals surface area contributed by atoms with Crippen molar-refractivity contribution in [2.75, 3.05) is 6.61 Å². The Labute approximate surface area is 159 Å². The van der Waals surface area contributed by atoms with E-state index in [4.69, 9.17) is 14.6 Å². The largest absolute Gasteiger partial charge is 0.481 e. The van der Waals surface area contributed by atoms with E-state index in [0.717, 1.165) is 24.8 Å². The number of ether oxygens (including phenoxy) is 2. The normalized spacial score (nSPS) is 29.3. The van der Waals surface area contributed by atoms with Crippen LogP contribution in [0, 0.1) is 5.92 Å². The van der Waals surface area contributed by atoms with Gasteiger partial charge in [0.15, 0.2) is 0 Å². The highest BCUT2D eigenvalue weighted by Gasteiger charge is 2.51. The zero-order valence-corrected chi connectivity index (χ0v) is 15.4. The topological polar surface area (TPSA) is 96.2 Å². The first-order chi connectivity index (χ1) is 13.0. The third-order valence-electron chi connectivity index (χ3n) is 5.44. The van der Waals surface area contributed by atoms with E-state index in [1.165, 1.54) is 0 Å². The highest BCUT2D eigenvalue weighted by Crippen LogP contribution is 2.48. The lowest BCUT2D eigenvalue weighted by molar-refractivity contribution is -0.139. The van der Waals surface area contributed by atoms with Crippen molar-refractivity contribution in [3.63, 3.8) is 0 Å². The van der Waals surface area contributed by atoms with Gasteiger partial charge in [0.05, 0.1) is 43.5 Å². The number of carboxylic acids is 1. The lowest BCUT2D eigenvalue weighted by Gasteiger charge is -2.30. The lowest BCUT2D eigenvalue weighted by atomic mass is 9.78. The van der Waals surface area contributed by atoms with Crippen LogP contribution in [0.4, 0.5) is 0 Å². The number of benzene rings is 1. The fourth-order valence-corrected chi connectivity index (χ4v) is 4.08. The Hall–Kier alpha value is -1.73. The fourth-order valence-electron chi connectivity index (χ4n) is 4.08. The molecule has 6 heteroatoms. The number of hydrogen-bond acceptors (Lipinski definition) is 5. The van der Waals surface area contributed by atoms with Crippen LogP contribution in [0.5, 0.6) is 0 Å². The monoisotopic (exact) mass is 376 g/mol. The van der Waals surface area contributed by atoms with Crippen LogP contribution in [-0.4, -0.2) is 51.8 Å².